The van der Waals surface area contributed by atoms with Crippen molar-refractivity contribution in [3.05, 3.63) is 0 Å². The Morgan fingerprint density at radius 2 is 2.00 bits per heavy atom. The van der Waals surface area contributed by atoms with E-state index < -0.39 is 19.5 Å². The van der Waals surface area contributed by atoms with Gasteiger partial charge >= 0.3 is 5.30 Å². The van der Waals surface area contributed by atoms with Crippen molar-refractivity contribution >= 4 is 25.4 Å². The molecule has 0 aromatic rings. The smallest absolute Gasteiger partial charge is 0.369 e. The molecule has 1 saturated heterocycles. The Balaban J connectivity index is 2.85. The molecule has 1 heterocycles. The van der Waals surface area contributed by atoms with Gasteiger partial charge in [0.2, 0.25) is 0 Å². The molecule has 1 aliphatic heterocycles. The van der Waals surface area contributed by atoms with Gasteiger partial charge < -0.3 is 18.6 Å². The highest BCUT2D eigenvalue weighted by Crippen LogP contribution is 2.41. The van der Waals surface area contributed by atoms with Crippen molar-refractivity contribution in [3.63, 3.8) is 0 Å². The minimum absolute atomic E-state index is 0.0510. The third-order valence-corrected chi connectivity index (χ3v) is 9.59. The fourth-order valence-corrected chi connectivity index (χ4v) is 4.40. The number of rotatable bonds is 5. The molecule has 0 aromatic carbocycles. The molecule has 1 unspecified atom stereocenters. The van der Waals surface area contributed by atoms with Crippen molar-refractivity contribution < 1.29 is 23.4 Å². The Kier molecular flexibility index (Phi) is 6.54. The molecule has 5 nitrogen and oxygen atoms in total. The van der Waals surface area contributed by atoms with Crippen LogP contribution in [-0.2, 0) is 18.6 Å². The van der Waals surface area contributed by atoms with Crippen LogP contribution in [0.25, 0.3) is 0 Å². The summed E-state index contributed by atoms with van der Waals surface area (Å²) >= 11 is 1.06. The quantitative estimate of drug-likeness (QED) is 0.417. The molecule has 1 fully saturated rings. The van der Waals surface area contributed by atoms with Crippen LogP contribution in [0.4, 0.5) is 4.79 Å². The summed E-state index contributed by atoms with van der Waals surface area (Å²) in [5, 5.41) is -0.283. The number of hydrogen-bond acceptors (Lipinski definition) is 6. The van der Waals surface area contributed by atoms with Gasteiger partial charge in [0.25, 0.3) is 0 Å². The van der Waals surface area contributed by atoms with Gasteiger partial charge in [0.05, 0.1) is 13.2 Å². The standard InChI is InChI=1S/C15H30O5SSi/c1-9-17-13(16)21-12(11-10-18-15(5,6)19-11)20-22(7,8)14(2,3)4/h11-12H,9-10H2,1-8H3/t11-,12?/m1/s1. The van der Waals surface area contributed by atoms with Crippen molar-refractivity contribution in [2.45, 2.75) is 77.0 Å². The van der Waals surface area contributed by atoms with Gasteiger partial charge in [-0.1, -0.05) is 20.8 Å². The average molecular weight is 351 g/mol. The molecule has 0 bridgehead atoms. The molecule has 0 saturated carbocycles. The van der Waals surface area contributed by atoms with Crippen LogP contribution in [0.1, 0.15) is 41.5 Å². The second-order valence-corrected chi connectivity index (χ2v) is 13.2. The van der Waals surface area contributed by atoms with E-state index in [9.17, 15) is 4.79 Å². The zero-order valence-corrected chi connectivity index (χ0v) is 16.8. The summed E-state index contributed by atoms with van der Waals surface area (Å²) in [4.78, 5) is 11.9. The molecular formula is C15H30O5SSi. The Morgan fingerprint density at radius 1 is 1.41 bits per heavy atom. The number of carbonyl (C=O) groups is 1. The van der Waals surface area contributed by atoms with Gasteiger partial charge in [-0.3, -0.25) is 0 Å². The van der Waals surface area contributed by atoms with E-state index in [1.54, 1.807) is 6.92 Å². The molecule has 0 aromatic heterocycles. The minimum atomic E-state index is -2.04. The number of ether oxygens (including phenoxy) is 3. The van der Waals surface area contributed by atoms with E-state index in [0.717, 1.165) is 11.8 Å². The van der Waals surface area contributed by atoms with Gasteiger partial charge in [-0.15, -0.1) is 0 Å². The topological polar surface area (TPSA) is 54.0 Å². The van der Waals surface area contributed by atoms with Crippen molar-refractivity contribution in [1.29, 1.82) is 0 Å². The summed E-state index contributed by atoms with van der Waals surface area (Å²) < 4.78 is 23.0. The molecule has 22 heavy (non-hydrogen) atoms. The lowest BCUT2D eigenvalue weighted by atomic mass is 10.2. The van der Waals surface area contributed by atoms with Crippen LogP contribution in [-0.4, -0.2) is 44.2 Å². The van der Waals surface area contributed by atoms with Crippen LogP contribution >= 0.6 is 11.8 Å². The summed E-state index contributed by atoms with van der Waals surface area (Å²) in [5.74, 6) is -0.644. The minimum Gasteiger partial charge on any atom is -0.458 e. The lowest BCUT2D eigenvalue weighted by molar-refractivity contribution is -0.143. The first-order chi connectivity index (χ1) is 9.88. The van der Waals surface area contributed by atoms with Gasteiger partial charge in [0.15, 0.2) is 14.1 Å². The molecule has 0 amide bonds. The largest absolute Gasteiger partial charge is 0.458 e. The first kappa shape index (κ1) is 20.0. The highest BCUT2D eigenvalue weighted by molar-refractivity contribution is 8.13. The maximum absolute atomic E-state index is 11.9. The van der Waals surface area contributed by atoms with Crippen LogP contribution < -0.4 is 0 Å². The monoisotopic (exact) mass is 350 g/mol. The predicted molar refractivity (Wildman–Crippen MR) is 91.6 cm³/mol. The summed E-state index contributed by atoms with van der Waals surface area (Å²) in [6.45, 7) is 17.1. The Labute approximate surface area is 139 Å². The molecular weight excluding hydrogens is 320 g/mol. The van der Waals surface area contributed by atoms with Crippen LogP contribution in [0.3, 0.4) is 0 Å². The molecule has 2 atom stereocenters. The van der Waals surface area contributed by atoms with E-state index in [1.807, 2.05) is 13.8 Å². The summed E-state index contributed by atoms with van der Waals surface area (Å²) in [5.41, 5.74) is -0.415. The van der Waals surface area contributed by atoms with Crippen molar-refractivity contribution in [3.8, 4) is 0 Å². The Hall–Kier alpha value is -0.0831. The second-order valence-electron chi connectivity index (χ2n) is 7.41. The van der Waals surface area contributed by atoms with E-state index in [1.165, 1.54) is 0 Å². The fraction of sp³-hybridized carbons (Fsp3) is 0.933. The highest BCUT2D eigenvalue weighted by atomic mass is 32.2. The molecule has 0 spiro atoms. The Bertz CT molecular complexity index is 392. The van der Waals surface area contributed by atoms with Gasteiger partial charge in [-0.05, 0) is 50.7 Å². The summed E-state index contributed by atoms with van der Waals surface area (Å²) in [7, 11) is -2.04. The Morgan fingerprint density at radius 3 is 2.41 bits per heavy atom. The third kappa shape index (κ3) is 5.52. The molecule has 0 aliphatic carbocycles. The SMILES string of the molecule is CCOC(=O)SC(O[Si](C)(C)C(C)(C)C)[C@H]1COC(C)(C)O1. The molecule has 0 N–H and O–H groups in total. The number of hydrogen-bond donors (Lipinski definition) is 0. The van der Waals surface area contributed by atoms with Gasteiger partial charge in [0.1, 0.15) is 11.5 Å². The molecule has 130 valence electrons. The third-order valence-electron chi connectivity index (χ3n) is 4.03. The molecule has 1 rings (SSSR count). The lowest BCUT2D eigenvalue weighted by Gasteiger charge is -2.39. The summed E-state index contributed by atoms with van der Waals surface area (Å²) in [6, 6.07) is 0. The fourth-order valence-electron chi connectivity index (χ4n) is 1.74. The van der Waals surface area contributed by atoms with Gasteiger partial charge in [-0.25, -0.2) is 4.79 Å². The van der Waals surface area contributed by atoms with Crippen LogP contribution in [0.2, 0.25) is 18.1 Å². The first-order valence-electron chi connectivity index (χ1n) is 7.71. The zero-order chi connectivity index (χ0) is 17.2. The van der Waals surface area contributed by atoms with E-state index in [4.69, 9.17) is 18.6 Å². The maximum atomic E-state index is 11.9. The van der Waals surface area contributed by atoms with Crippen LogP contribution in [0.15, 0.2) is 0 Å². The first-order valence-corrected chi connectivity index (χ1v) is 11.5. The van der Waals surface area contributed by atoms with Gasteiger partial charge in [0, 0.05) is 0 Å². The van der Waals surface area contributed by atoms with Crippen molar-refractivity contribution in [2.24, 2.45) is 0 Å². The molecule has 0 radical (unpaired) electrons. The molecule has 7 heteroatoms. The maximum Gasteiger partial charge on any atom is 0.369 e. The van der Waals surface area contributed by atoms with E-state index in [-0.39, 0.29) is 16.4 Å². The summed E-state index contributed by atoms with van der Waals surface area (Å²) in [6.07, 6.45) is -0.279. The van der Waals surface area contributed by atoms with Crippen molar-refractivity contribution in [2.75, 3.05) is 13.2 Å². The van der Waals surface area contributed by atoms with E-state index in [2.05, 4.69) is 33.9 Å². The lowest BCUT2D eigenvalue weighted by Crippen LogP contribution is -2.47. The van der Waals surface area contributed by atoms with Crippen LogP contribution in [0, 0.1) is 0 Å². The van der Waals surface area contributed by atoms with Gasteiger partial charge in [-0.2, -0.15) is 0 Å². The van der Waals surface area contributed by atoms with E-state index >= 15 is 0 Å². The van der Waals surface area contributed by atoms with Crippen LogP contribution in [0.5, 0.6) is 0 Å². The highest BCUT2D eigenvalue weighted by Gasteiger charge is 2.45. The molecule has 1 aliphatic rings. The zero-order valence-electron chi connectivity index (χ0n) is 15.0. The second kappa shape index (κ2) is 7.21. The van der Waals surface area contributed by atoms with E-state index in [0.29, 0.717) is 13.2 Å². The van der Waals surface area contributed by atoms with Crippen molar-refractivity contribution in [1.82, 2.24) is 0 Å². The number of thioether (sulfide) groups is 1. The normalized spacial score (nSPS) is 23.4. The average Bonchev–Trinajstić information content (AvgIpc) is 2.67. The predicted octanol–water partition coefficient (Wildman–Crippen LogP) is 4.38. The number of carbonyl (C=O) groups excluding carboxylic acids is 1.